The Morgan fingerprint density at radius 2 is 1.58 bits per heavy atom. The molecular formula is C24H21BrClN3O3S. The summed E-state index contributed by atoms with van der Waals surface area (Å²) < 4.78 is 6.33. The van der Waals surface area contributed by atoms with Crippen molar-refractivity contribution in [3.63, 3.8) is 0 Å². The Bertz CT molecular complexity index is 1200. The first-order valence-corrected chi connectivity index (χ1v) is 11.5. The maximum Gasteiger partial charge on any atom is 0.257 e. The molecule has 3 N–H and O–H groups in total. The summed E-state index contributed by atoms with van der Waals surface area (Å²) in [4.78, 5) is 25.1. The highest BCUT2D eigenvalue weighted by Crippen LogP contribution is 2.27. The van der Waals surface area contributed by atoms with E-state index in [4.69, 9.17) is 28.6 Å². The van der Waals surface area contributed by atoms with Crippen molar-refractivity contribution >= 4 is 68.1 Å². The molecule has 9 heteroatoms. The fourth-order valence-corrected chi connectivity index (χ4v) is 3.71. The summed E-state index contributed by atoms with van der Waals surface area (Å²) in [5.74, 6) is -0.0290. The van der Waals surface area contributed by atoms with E-state index in [9.17, 15) is 9.59 Å². The molecule has 0 bridgehead atoms. The molecule has 0 unspecified atom stereocenters. The maximum atomic E-state index is 12.6. The second-order valence-corrected chi connectivity index (χ2v) is 8.96. The zero-order valence-corrected chi connectivity index (χ0v) is 21.0. The number of carbonyl (C=O) groups is 2. The molecule has 6 nitrogen and oxygen atoms in total. The molecule has 3 aromatic rings. The van der Waals surface area contributed by atoms with Gasteiger partial charge in [0.15, 0.2) is 5.11 Å². The predicted octanol–water partition coefficient (Wildman–Crippen LogP) is 6.27. The van der Waals surface area contributed by atoms with Gasteiger partial charge in [0.2, 0.25) is 0 Å². The van der Waals surface area contributed by atoms with E-state index in [0.717, 1.165) is 0 Å². The van der Waals surface area contributed by atoms with Crippen molar-refractivity contribution in [2.45, 2.75) is 20.0 Å². The van der Waals surface area contributed by atoms with Crippen LogP contribution in [0.5, 0.6) is 5.75 Å². The normalized spacial score (nSPS) is 10.5. The maximum absolute atomic E-state index is 12.6. The number of hydrogen-bond donors (Lipinski definition) is 3. The number of rotatable bonds is 6. The summed E-state index contributed by atoms with van der Waals surface area (Å²) in [6.07, 6.45) is 0.0149. The first kappa shape index (κ1) is 24.7. The molecule has 0 aliphatic heterocycles. The molecule has 0 atom stereocenters. The van der Waals surface area contributed by atoms with E-state index in [0.29, 0.717) is 37.7 Å². The number of thiocarbonyl (C=S) groups is 1. The second kappa shape index (κ2) is 11.3. The van der Waals surface area contributed by atoms with Gasteiger partial charge in [0, 0.05) is 27.5 Å². The summed E-state index contributed by atoms with van der Waals surface area (Å²) in [5.41, 5.74) is 1.97. The first-order valence-electron chi connectivity index (χ1n) is 9.97. The third-order valence-corrected chi connectivity index (χ3v) is 5.31. The van der Waals surface area contributed by atoms with Crippen LogP contribution in [0.4, 0.5) is 11.4 Å². The SMILES string of the molecule is CC(C)Oc1ccc(C(=O)NC(=S)Nc2cccc(C(=O)Nc3cccc(Cl)c3)c2)cc1Br. The van der Waals surface area contributed by atoms with E-state index in [2.05, 4.69) is 31.9 Å². The molecule has 0 saturated heterocycles. The molecule has 0 aromatic heterocycles. The van der Waals surface area contributed by atoms with Crippen molar-refractivity contribution in [1.82, 2.24) is 5.32 Å². The van der Waals surface area contributed by atoms with Gasteiger partial charge in [-0.2, -0.15) is 0 Å². The average Bonchev–Trinajstić information content (AvgIpc) is 2.75. The third kappa shape index (κ3) is 7.28. The number of amides is 2. The van der Waals surface area contributed by atoms with Crippen molar-refractivity contribution in [2.75, 3.05) is 10.6 Å². The summed E-state index contributed by atoms with van der Waals surface area (Å²) in [7, 11) is 0. The summed E-state index contributed by atoms with van der Waals surface area (Å²) in [6.45, 7) is 3.85. The van der Waals surface area contributed by atoms with Crippen LogP contribution < -0.4 is 20.7 Å². The average molecular weight is 547 g/mol. The number of anilines is 2. The van der Waals surface area contributed by atoms with Crippen molar-refractivity contribution in [3.8, 4) is 5.75 Å². The van der Waals surface area contributed by atoms with Crippen molar-refractivity contribution < 1.29 is 14.3 Å². The minimum atomic E-state index is -0.376. The van der Waals surface area contributed by atoms with Crippen LogP contribution in [0.2, 0.25) is 5.02 Å². The third-order valence-electron chi connectivity index (χ3n) is 4.25. The van der Waals surface area contributed by atoms with Crippen LogP contribution in [0.15, 0.2) is 71.2 Å². The standard InChI is InChI=1S/C24H21BrClN3O3S/c1-14(2)32-21-10-9-16(12-20(21)25)23(31)29-24(33)28-18-7-3-5-15(11-18)22(30)27-19-8-4-6-17(26)13-19/h3-14H,1-2H3,(H,27,30)(H2,28,29,31,33). The fraction of sp³-hybridized carbons (Fsp3) is 0.125. The smallest absolute Gasteiger partial charge is 0.257 e. The lowest BCUT2D eigenvalue weighted by Gasteiger charge is -2.13. The zero-order valence-electron chi connectivity index (χ0n) is 17.8. The van der Waals surface area contributed by atoms with Crippen LogP contribution in [0.25, 0.3) is 0 Å². The number of hydrogen-bond acceptors (Lipinski definition) is 4. The van der Waals surface area contributed by atoms with E-state index >= 15 is 0 Å². The lowest BCUT2D eigenvalue weighted by molar-refractivity contribution is 0.0976. The fourth-order valence-electron chi connectivity index (χ4n) is 2.84. The molecule has 0 aliphatic rings. The molecule has 0 aliphatic carbocycles. The summed E-state index contributed by atoms with van der Waals surface area (Å²) in [6, 6.07) is 18.7. The Morgan fingerprint density at radius 1 is 0.909 bits per heavy atom. The van der Waals surface area contributed by atoms with E-state index in [1.165, 1.54) is 0 Å². The highest BCUT2D eigenvalue weighted by atomic mass is 79.9. The zero-order chi connectivity index (χ0) is 24.0. The Morgan fingerprint density at radius 3 is 2.24 bits per heavy atom. The largest absolute Gasteiger partial charge is 0.490 e. The van der Waals surface area contributed by atoms with Gasteiger partial charge in [-0.05, 0) is 96.6 Å². The van der Waals surface area contributed by atoms with Gasteiger partial charge in [-0.3, -0.25) is 14.9 Å². The molecule has 170 valence electrons. The van der Waals surface area contributed by atoms with Crippen LogP contribution in [-0.2, 0) is 0 Å². The highest BCUT2D eigenvalue weighted by Gasteiger charge is 2.13. The van der Waals surface area contributed by atoms with Crippen LogP contribution in [-0.4, -0.2) is 23.0 Å². The number of benzene rings is 3. The Labute approximate surface area is 210 Å². The molecule has 33 heavy (non-hydrogen) atoms. The van der Waals surface area contributed by atoms with E-state index in [1.807, 2.05) is 13.8 Å². The van der Waals surface area contributed by atoms with Crippen molar-refractivity contribution in [1.29, 1.82) is 0 Å². The van der Waals surface area contributed by atoms with E-state index in [-0.39, 0.29) is 23.0 Å². The van der Waals surface area contributed by atoms with Gasteiger partial charge in [0.1, 0.15) is 5.75 Å². The van der Waals surface area contributed by atoms with Crippen molar-refractivity contribution in [3.05, 3.63) is 87.4 Å². The molecule has 2 amide bonds. The summed E-state index contributed by atoms with van der Waals surface area (Å²) >= 11 is 14.6. The van der Waals surface area contributed by atoms with E-state index in [1.54, 1.807) is 66.7 Å². The van der Waals surface area contributed by atoms with Gasteiger partial charge in [-0.25, -0.2) is 0 Å². The van der Waals surface area contributed by atoms with Crippen LogP contribution in [0.1, 0.15) is 34.6 Å². The number of halogens is 2. The molecule has 0 heterocycles. The number of ether oxygens (including phenoxy) is 1. The second-order valence-electron chi connectivity index (χ2n) is 7.27. The van der Waals surface area contributed by atoms with Crippen molar-refractivity contribution in [2.24, 2.45) is 0 Å². The van der Waals surface area contributed by atoms with Crippen LogP contribution in [0, 0.1) is 0 Å². The van der Waals surface area contributed by atoms with Gasteiger partial charge >= 0.3 is 0 Å². The Balaban J connectivity index is 1.62. The minimum Gasteiger partial charge on any atom is -0.490 e. The minimum absolute atomic E-state index is 0.0149. The monoisotopic (exact) mass is 545 g/mol. The molecule has 0 radical (unpaired) electrons. The summed E-state index contributed by atoms with van der Waals surface area (Å²) in [5, 5.41) is 8.97. The molecular weight excluding hydrogens is 526 g/mol. The van der Waals surface area contributed by atoms with Gasteiger partial charge in [-0.15, -0.1) is 0 Å². The number of carbonyl (C=O) groups excluding carboxylic acids is 2. The molecule has 0 fully saturated rings. The number of nitrogens with one attached hydrogen (secondary N) is 3. The lowest BCUT2D eigenvalue weighted by Crippen LogP contribution is -2.34. The van der Waals surface area contributed by atoms with Gasteiger partial charge < -0.3 is 15.4 Å². The molecule has 0 spiro atoms. The molecule has 0 saturated carbocycles. The first-order chi connectivity index (χ1) is 15.7. The lowest BCUT2D eigenvalue weighted by atomic mass is 10.2. The van der Waals surface area contributed by atoms with Gasteiger partial charge in [-0.1, -0.05) is 23.7 Å². The molecule has 3 rings (SSSR count). The van der Waals surface area contributed by atoms with Gasteiger partial charge in [0.05, 0.1) is 10.6 Å². The molecule has 3 aromatic carbocycles. The quantitative estimate of drug-likeness (QED) is 0.318. The predicted molar refractivity (Wildman–Crippen MR) is 139 cm³/mol. The highest BCUT2D eigenvalue weighted by molar-refractivity contribution is 9.10. The topological polar surface area (TPSA) is 79.5 Å². The Kier molecular flexibility index (Phi) is 8.43. The van der Waals surface area contributed by atoms with Gasteiger partial charge in [0.25, 0.3) is 11.8 Å². The van der Waals surface area contributed by atoms with Crippen LogP contribution in [0.3, 0.4) is 0 Å². The van der Waals surface area contributed by atoms with Crippen LogP contribution >= 0.6 is 39.7 Å². The van der Waals surface area contributed by atoms with E-state index < -0.39 is 0 Å². The Hall–Kier alpha value is -2.94.